The van der Waals surface area contributed by atoms with E-state index in [1.165, 1.54) is 5.56 Å². The number of hydrogen-bond acceptors (Lipinski definition) is 5. The monoisotopic (exact) mass is 517 g/mol. The average molecular weight is 517 g/mol. The number of anilines is 1. The predicted molar refractivity (Wildman–Crippen MR) is 125 cm³/mol. The Hall–Kier alpha value is -2.55. The summed E-state index contributed by atoms with van der Waals surface area (Å²) >= 11 is 2.24. The Bertz CT molecular complexity index is 1020. The maximum Gasteiger partial charge on any atom is 0.260 e. The molecule has 2 heterocycles. The molecule has 0 radical (unpaired) electrons. The summed E-state index contributed by atoms with van der Waals surface area (Å²) in [6, 6.07) is 14.2. The highest BCUT2D eigenvalue weighted by atomic mass is 127. The number of ether oxygens (including phenoxy) is 1. The molecule has 1 fully saturated rings. The molecule has 0 unspecified atom stereocenters. The van der Waals surface area contributed by atoms with Gasteiger partial charge in [-0.3, -0.25) is 4.79 Å². The van der Waals surface area contributed by atoms with Crippen LogP contribution in [0.3, 0.4) is 0 Å². The number of benzene rings is 2. The molecule has 3 aromatic rings. The number of carbonyl (C=O) groups is 1. The molecule has 156 valence electrons. The Balaban J connectivity index is 1.29. The smallest absolute Gasteiger partial charge is 0.260 e. The van der Waals surface area contributed by atoms with Gasteiger partial charge in [0.25, 0.3) is 5.91 Å². The number of aromatic nitrogens is 1. The van der Waals surface area contributed by atoms with Gasteiger partial charge in [-0.05, 0) is 71.5 Å². The second kappa shape index (κ2) is 9.07. The van der Waals surface area contributed by atoms with E-state index in [9.17, 15) is 4.79 Å². The van der Waals surface area contributed by atoms with Crippen molar-refractivity contribution >= 4 is 34.2 Å². The highest BCUT2D eigenvalue weighted by Gasteiger charge is 2.22. The number of amides is 1. The van der Waals surface area contributed by atoms with Crippen LogP contribution in [-0.2, 0) is 4.79 Å². The summed E-state index contributed by atoms with van der Waals surface area (Å²) in [7, 11) is 0. The summed E-state index contributed by atoms with van der Waals surface area (Å²) in [5.74, 6) is 2.23. The Kier molecular flexibility index (Phi) is 6.26. The molecular weight excluding hydrogens is 493 g/mol. The van der Waals surface area contributed by atoms with Gasteiger partial charge in [0.05, 0.1) is 9.77 Å². The minimum atomic E-state index is 0.0297. The second-order valence-corrected chi connectivity index (χ2v) is 8.54. The standard InChI is InChI=1S/C23H24IN3O3/c1-16-3-8-21(20(24)13-16)29-15-23(28)27-11-9-26(10-12-27)19-6-4-18(5-7-19)22-14-25-17(2)30-22/h3-8,13-14H,9-12,15H2,1-2H3. The first kappa shape index (κ1) is 20.7. The highest BCUT2D eigenvalue weighted by Crippen LogP contribution is 2.25. The number of rotatable bonds is 5. The number of halogens is 1. The summed E-state index contributed by atoms with van der Waals surface area (Å²) in [5.41, 5.74) is 3.33. The second-order valence-electron chi connectivity index (χ2n) is 7.38. The molecule has 6 nitrogen and oxygen atoms in total. The first-order valence-corrected chi connectivity index (χ1v) is 11.0. The molecule has 7 heteroatoms. The van der Waals surface area contributed by atoms with Crippen molar-refractivity contribution < 1.29 is 13.9 Å². The van der Waals surface area contributed by atoms with Gasteiger partial charge in [0, 0.05) is 44.4 Å². The van der Waals surface area contributed by atoms with Gasteiger partial charge >= 0.3 is 0 Å². The van der Waals surface area contributed by atoms with Gasteiger partial charge in [0.15, 0.2) is 18.3 Å². The molecule has 0 N–H and O–H groups in total. The third kappa shape index (κ3) is 4.77. The SMILES string of the molecule is Cc1ccc(OCC(=O)N2CCN(c3ccc(-c4cnc(C)o4)cc3)CC2)c(I)c1. The average Bonchev–Trinajstić information content (AvgIpc) is 3.19. The van der Waals surface area contributed by atoms with Crippen LogP contribution in [0.1, 0.15) is 11.5 Å². The quantitative estimate of drug-likeness (QED) is 0.473. The minimum Gasteiger partial charge on any atom is -0.483 e. The summed E-state index contributed by atoms with van der Waals surface area (Å²) in [4.78, 5) is 20.9. The van der Waals surface area contributed by atoms with Crippen LogP contribution in [0.15, 0.2) is 53.1 Å². The summed E-state index contributed by atoms with van der Waals surface area (Å²) in [6.07, 6.45) is 1.74. The number of oxazole rings is 1. The topological polar surface area (TPSA) is 58.8 Å². The van der Waals surface area contributed by atoms with E-state index in [-0.39, 0.29) is 12.5 Å². The molecule has 1 amide bonds. The molecule has 0 bridgehead atoms. The molecule has 4 rings (SSSR count). The Labute approximate surface area is 190 Å². The first-order chi connectivity index (χ1) is 14.5. The maximum absolute atomic E-state index is 12.6. The number of hydrogen-bond donors (Lipinski definition) is 0. The largest absolute Gasteiger partial charge is 0.483 e. The van der Waals surface area contributed by atoms with Crippen LogP contribution in [0, 0.1) is 17.4 Å². The van der Waals surface area contributed by atoms with Crippen molar-refractivity contribution in [2.75, 3.05) is 37.7 Å². The lowest BCUT2D eigenvalue weighted by Crippen LogP contribution is -2.50. The minimum absolute atomic E-state index is 0.0297. The van der Waals surface area contributed by atoms with Crippen molar-refractivity contribution in [3.8, 4) is 17.1 Å². The van der Waals surface area contributed by atoms with E-state index in [4.69, 9.17) is 9.15 Å². The fourth-order valence-electron chi connectivity index (χ4n) is 3.50. The van der Waals surface area contributed by atoms with Crippen LogP contribution < -0.4 is 9.64 Å². The van der Waals surface area contributed by atoms with Gasteiger partial charge in [-0.1, -0.05) is 6.07 Å². The van der Waals surface area contributed by atoms with Gasteiger partial charge in [-0.25, -0.2) is 4.98 Å². The highest BCUT2D eigenvalue weighted by molar-refractivity contribution is 14.1. The lowest BCUT2D eigenvalue weighted by atomic mass is 10.1. The predicted octanol–water partition coefficient (Wildman–Crippen LogP) is 4.29. The normalized spacial score (nSPS) is 14.1. The van der Waals surface area contributed by atoms with Crippen LogP contribution in [-0.4, -0.2) is 48.6 Å². The van der Waals surface area contributed by atoms with Gasteiger partial charge in [-0.15, -0.1) is 0 Å². The first-order valence-electron chi connectivity index (χ1n) is 9.94. The molecule has 1 aliphatic rings. The van der Waals surface area contributed by atoms with E-state index < -0.39 is 0 Å². The van der Waals surface area contributed by atoms with Gasteiger partial charge in [-0.2, -0.15) is 0 Å². The Morgan fingerprint density at radius 2 is 1.83 bits per heavy atom. The van der Waals surface area contributed by atoms with Gasteiger partial charge < -0.3 is 19.0 Å². The number of piperazine rings is 1. The molecule has 0 spiro atoms. The lowest BCUT2D eigenvalue weighted by Gasteiger charge is -2.36. The van der Waals surface area contributed by atoms with Crippen molar-refractivity contribution in [2.45, 2.75) is 13.8 Å². The summed E-state index contributed by atoms with van der Waals surface area (Å²) < 4.78 is 12.4. The molecular formula is C23H24IN3O3. The molecule has 1 saturated heterocycles. The van der Waals surface area contributed by atoms with Crippen LogP contribution in [0.5, 0.6) is 5.75 Å². The van der Waals surface area contributed by atoms with Crippen molar-refractivity contribution in [3.63, 3.8) is 0 Å². The van der Waals surface area contributed by atoms with E-state index in [0.717, 1.165) is 39.4 Å². The van der Waals surface area contributed by atoms with Gasteiger partial charge in [0.2, 0.25) is 0 Å². The summed E-state index contributed by atoms with van der Waals surface area (Å²) in [5, 5.41) is 0. The maximum atomic E-state index is 12.6. The molecule has 1 aliphatic heterocycles. The summed E-state index contributed by atoms with van der Waals surface area (Å²) in [6.45, 7) is 6.94. The zero-order valence-electron chi connectivity index (χ0n) is 17.1. The van der Waals surface area contributed by atoms with E-state index in [2.05, 4.69) is 44.6 Å². The molecule has 0 saturated carbocycles. The van der Waals surface area contributed by atoms with E-state index >= 15 is 0 Å². The number of carbonyl (C=O) groups excluding carboxylic acids is 1. The van der Waals surface area contributed by atoms with Crippen LogP contribution in [0.25, 0.3) is 11.3 Å². The lowest BCUT2D eigenvalue weighted by molar-refractivity contribution is -0.133. The van der Waals surface area contributed by atoms with Crippen LogP contribution in [0.4, 0.5) is 5.69 Å². The fourth-order valence-corrected chi connectivity index (χ4v) is 4.33. The zero-order chi connectivity index (χ0) is 21.1. The molecule has 0 atom stereocenters. The van der Waals surface area contributed by atoms with Crippen molar-refractivity contribution in [1.29, 1.82) is 0 Å². The zero-order valence-corrected chi connectivity index (χ0v) is 19.3. The van der Waals surface area contributed by atoms with Crippen LogP contribution in [0.2, 0.25) is 0 Å². The molecule has 0 aliphatic carbocycles. The third-order valence-electron chi connectivity index (χ3n) is 5.21. The van der Waals surface area contributed by atoms with Crippen molar-refractivity contribution in [2.24, 2.45) is 0 Å². The number of nitrogens with zero attached hydrogens (tertiary/aromatic N) is 3. The van der Waals surface area contributed by atoms with E-state index in [0.29, 0.717) is 19.0 Å². The third-order valence-corrected chi connectivity index (χ3v) is 6.05. The van der Waals surface area contributed by atoms with E-state index in [1.807, 2.05) is 49.1 Å². The van der Waals surface area contributed by atoms with E-state index in [1.54, 1.807) is 6.20 Å². The molecule has 30 heavy (non-hydrogen) atoms. The van der Waals surface area contributed by atoms with Crippen LogP contribution >= 0.6 is 22.6 Å². The Morgan fingerprint density at radius 1 is 1.10 bits per heavy atom. The van der Waals surface area contributed by atoms with Crippen molar-refractivity contribution in [3.05, 3.63) is 63.7 Å². The number of aryl methyl sites for hydroxylation is 2. The fraction of sp³-hybridized carbons (Fsp3) is 0.304. The van der Waals surface area contributed by atoms with Gasteiger partial charge in [0.1, 0.15) is 5.75 Å². The molecule has 2 aromatic carbocycles. The molecule has 1 aromatic heterocycles. The Morgan fingerprint density at radius 3 is 2.47 bits per heavy atom. The van der Waals surface area contributed by atoms with Crippen molar-refractivity contribution in [1.82, 2.24) is 9.88 Å².